The highest BCUT2D eigenvalue weighted by atomic mass is 15.4. The van der Waals surface area contributed by atoms with Gasteiger partial charge in [0.15, 0.2) is 0 Å². The predicted octanol–water partition coefficient (Wildman–Crippen LogP) is 4.33. The topological polar surface area (TPSA) is 30.7 Å². The SMILES string of the molecule is CC.CC.CCCc1cn(CC(C)(C)C)nn1. The van der Waals surface area contributed by atoms with Crippen LogP contribution in [0.1, 0.15) is 67.5 Å². The highest BCUT2D eigenvalue weighted by molar-refractivity contribution is 4.92. The summed E-state index contributed by atoms with van der Waals surface area (Å²) in [7, 11) is 0. The van der Waals surface area contributed by atoms with Crippen LogP contribution in [0.25, 0.3) is 0 Å². The maximum atomic E-state index is 4.10. The number of aromatic nitrogens is 3. The molecule has 3 nitrogen and oxygen atoms in total. The zero-order valence-corrected chi connectivity index (χ0v) is 13.0. The van der Waals surface area contributed by atoms with E-state index in [1.54, 1.807) is 0 Å². The Bertz CT molecular complexity index is 259. The lowest BCUT2D eigenvalue weighted by molar-refractivity contribution is 0.321. The molecular formula is C14H31N3. The second kappa shape index (κ2) is 10.3. The Balaban J connectivity index is 0. The average Bonchev–Trinajstić information content (AvgIpc) is 2.69. The van der Waals surface area contributed by atoms with Crippen molar-refractivity contribution in [2.45, 2.75) is 74.8 Å². The molecule has 0 bridgehead atoms. The average molecular weight is 241 g/mol. The molecule has 0 N–H and O–H groups in total. The molecule has 1 rings (SSSR count). The van der Waals surface area contributed by atoms with Crippen LogP contribution in [0.15, 0.2) is 6.20 Å². The molecule has 0 unspecified atom stereocenters. The molecule has 1 aromatic rings. The van der Waals surface area contributed by atoms with Gasteiger partial charge in [0.05, 0.1) is 5.69 Å². The zero-order valence-electron chi connectivity index (χ0n) is 13.0. The van der Waals surface area contributed by atoms with E-state index in [-0.39, 0.29) is 5.41 Å². The van der Waals surface area contributed by atoms with Crippen LogP contribution in [0.3, 0.4) is 0 Å². The van der Waals surface area contributed by atoms with Gasteiger partial charge in [0.1, 0.15) is 0 Å². The Morgan fingerprint density at radius 1 is 1.12 bits per heavy atom. The zero-order chi connectivity index (χ0) is 13.9. The summed E-state index contributed by atoms with van der Waals surface area (Å²) in [5, 5.41) is 8.19. The minimum atomic E-state index is 0.275. The van der Waals surface area contributed by atoms with Crippen molar-refractivity contribution in [2.75, 3.05) is 0 Å². The summed E-state index contributed by atoms with van der Waals surface area (Å²) in [5.74, 6) is 0. The molecule has 0 amide bonds. The maximum absolute atomic E-state index is 4.10. The Morgan fingerprint density at radius 2 is 1.65 bits per heavy atom. The van der Waals surface area contributed by atoms with Gasteiger partial charge in [-0.1, -0.05) is 67.0 Å². The van der Waals surface area contributed by atoms with Crippen LogP contribution >= 0.6 is 0 Å². The molecule has 0 saturated heterocycles. The van der Waals surface area contributed by atoms with Crippen LogP contribution < -0.4 is 0 Å². The van der Waals surface area contributed by atoms with Crippen molar-refractivity contribution in [2.24, 2.45) is 5.41 Å². The van der Waals surface area contributed by atoms with Gasteiger partial charge in [-0.3, -0.25) is 4.68 Å². The molecule has 0 spiro atoms. The highest BCUT2D eigenvalue weighted by Crippen LogP contribution is 2.15. The van der Waals surface area contributed by atoms with Crippen LogP contribution in [-0.4, -0.2) is 15.0 Å². The minimum Gasteiger partial charge on any atom is -0.252 e. The lowest BCUT2D eigenvalue weighted by Gasteiger charge is -2.16. The van der Waals surface area contributed by atoms with E-state index in [9.17, 15) is 0 Å². The standard InChI is InChI=1S/C10H19N3.2C2H6/c1-5-6-9-7-13(12-11-9)8-10(2,3)4;2*1-2/h7H,5-6,8H2,1-4H3;2*1-2H3. The number of hydrogen-bond acceptors (Lipinski definition) is 2. The number of nitrogens with zero attached hydrogens (tertiary/aromatic N) is 3. The van der Waals surface area contributed by atoms with Gasteiger partial charge in [0.25, 0.3) is 0 Å². The second-order valence-electron chi connectivity index (χ2n) is 4.72. The van der Waals surface area contributed by atoms with Crippen LogP contribution in [0.4, 0.5) is 0 Å². The minimum absolute atomic E-state index is 0.275. The third-order valence-electron chi connectivity index (χ3n) is 1.73. The fourth-order valence-corrected chi connectivity index (χ4v) is 1.27. The molecule has 0 aliphatic heterocycles. The number of rotatable bonds is 3. The van der Waals surface area contributed by atoms with Crippen molar-refractivity contribution in [1.29, 1.82) is 0 Å². The first-order chi connectivity index (χ1) is 8.01. The van der Waals surface area contributed by atoms with Gasteiger partial charge in [-0.2, -0.15) is 0 Å². The van der Waals surface area contributed by atoms with E-state index in [1.807, 2.05) is 32.4 Å². The summed E-state index contributed by atoms with van der Waals surface area (Å²) in [6, 6.07) is 0. The van der Waals surface area contributed by atoms with Gasteiger partial charge in [0, 0.05) is 12.7 Å². The second-order valence-corrected chi connectivity index (χ2v) is 4.72. The van der Waals surface area contributed by atoms with Crippen molar-refractivity contribution in [3.05, 3.63) is 11.9 Å². The van der Waals surface area contributed by atoms with Gasteiger partial charge in [0.2, 0.25) is 0 Å². The van der Waals surface area contributed by atoms with Gasteiger partial charge < -0.3 is 0 Å². The molecule has 17 heavy (non-hydrogen) atoms. The first kappa shape index (κ1) is 18.5. The Hall–Kier alpha value is -0.860. The lowest BCUT2D eigenvalue weighted by Crippen LogP contribution is -2.15. The van der Waals surface area contributed by atoms with Crippen molar-refractivity contribution >= 4 is 0 Å². The van der Waals surface area contributed by atoms with E-state index in [0.717, 1.165) is 25.1 Å². The van der Waals surface area contributed by atoms with E-state index >= 15 is 0 Å². The molecule has 102 valence electrons. The van der Waals surface area contributed by atoms with Crippen LogP contribution in [0, 0.1) is 5.41 Å². The van der Waals surface area contributed by atoms with Crippen molar-refractivity contribution in [3.8, 4) is 0 Å². The molecule has 0 aromatic carbocycles. The molecular weight excluding hydrogens is 210 g/mol. The van der Waals surface area contributed by atoms with Crippen LogP contribution in [0.5, 0.6) is 0 Å². The summed E-state index contributed by atoms with van der Waals surface area (Å²) in [6.07, 6.45) is 4.22. The molecule has 1 heterocycles. The quantitative estimate of drug-likeness (QED) is 0.788. The van der Waals surface area contributed by atoms with Gasteiger partial charge in [-0.05, 0) is 11.8 Å². The van der Waals surface area contributed by atoms with E-state index in [4.69, 9.17) is 0 Å². The van der Waals surface area contributed by atoms with Crippen molar-refractivity contribution < 1.29 is 0 Å². The molecule has 0 atom stereocenters. The summed E-state index contributed by atoms with van der Waals surface area (Å²) in [6.45, 7) is 17.7. The Morgan fingerprint density at radius 3 is 2.06 bits per heavy atom. The van der Waals surface area contributed by atoms with Crippen molar-refractivity contribution in [3.63, 3.8) is 0 Å². The molecule has 0 aliphatic carbocycles. The highest BCUT2D eigenvalue weighted by Gasteiger charge is 2.12. The van der Waals surface area contributed by atoms with E-state index in [1.165, 1.54) is 0 Å². The normalized spacial score (nSPS) is 9.88. The maximum Gasteiger partial charge on any atom is 0.0827 e. The molecule has 0 radical (unpaired) electrons. The van der Waals surface area contributed by atoms with Gasteiger partial charge >= 0.3 is 0 Å². The number of aryl methyl sites for hydroxylation is 1. The molecule has 0 fully saturated rings. The molecule has 3 heteroatoms. The largest absolute Gasteiger partial charge is 0.252 e. The monoisotopic (exact) mass is 241 g/mol. The van der Waals surface area contributed by atoms with Gasteiger partial charge in [-0.25, -0.2) is 0 Å². The Labute approximate surface area is 108 Å². The molecule has 0 aliphatic rings. The third kappa shape index (κ3) is 10.0. The summed E-state index contributed by atoms with van der Waals surface area (Å²) >= 11 is 0. The molecule has 1 aromatic heterocycles. The first-order valence-electron chi connectivity index (χ1n) is 6.90. The fraction of sp³-hybridized carbons (Fsp3) is 0.857. The van der Waals surface area contributed by atoms with E-state index in [2.05, 4.69) is 44.2 Å². The fourth-order valence-electron chi connectivity index (χ4n) is 1.27. The van der Waals surface area contributed by atoms with Crippen LogP contribution in [0.2, 0.25) is 0 Å². The number of hydrogen-bond donors (Lipinski definition) is 0. The van der Waals surface area contributed by atoms with Crippen LogP contribution in [-0.2, 0) is 13.0 Å². The predicted molar refractivity (Wildman–Crippen MR) is 76.2 cm³/mol. The van der Waals surface area contributed by atoms with Gasteiger partial charge in [-0.15, -0.1) is 5.10 Å². The summed E-state index contributed by atoms with van der Waals surface area (Å²) in [4.78, 5) is 0. The third-order valence-corrected chi connectivity index (χ3v) is 1.73. The lowest BCUT2D eigenvalue weighted by atomic mass is 9.97. The summed E-state index contributed by atoms with van der Waals surface area (Å²) in [5.41, 5.74) is 1.38. The smallest absolute Gasteiger partial charge is 0.0827 e. The molecule has 0 saturated carbocycles. The Kier molecular flexibility index (Phi) is 11.2. The van der Waals surface area contributed by atoms with E-state index < -0.39 is 0 Å². The summed E-state index contributed by atoms with van der Waals surface area (Å²) < 4.78 is 1.94. The van der Waals surface area contributed by atoms with E-state index in [0.29, 0.717) is 0 Å². The van der Waals surface area contributed by atoms with Crippen molar-refractivity contribution in [1.82, 2.24) is 15.0 Å². The first-order valence-corrected chi connectivity index (χ1v) is 6.90.